The van der Waals surface area contributed by atoms with Crippen molar-refractivity contribution < 1.29 is 4.42 Å². The van der Waals surface area contributed by atoms with Gasteiger partial charge in [-0.05, 0) is 70.8 Å². The number of benzene rings is 10. The molecular formula is C65H42N4O. The van der Waals surface area contributed by atoms with Crippen LogP contribution in [0.4, 0.5) is 0 Å². The second kappa shape index (κ2) is 16.2. The fourth-order valence-electron chi connectivity index (χ4n) is 10.7. The van der Waals surface area contributed by atoms with Crippen LogP contribution >= 0.6 is 0 Å². The first kappa shape index (κ1) is 39.8. The number of fused-ring (bicyclic) bond motifs is 9. The van der Waals surface area contributed by atoms with Gasteiger partial charge in [0, 0.05) is 65.6 Å². The smallest absolute Gasteiger partial charge is 0.136 e. The minimum absolute atomic E-state index is 0.0579. The highest BCUT2D eigenvalue weighted by Crippen LogP contribution is 2.46. The minimum Gasteiger partial charge on any atom is -0.456 e. The third kappa shape index (κ3) is 6.55. The van der Waals surface area contributed by atoms with Crippen LogP contribution in [-0.2, 0) is 0 Å². The third-order valence-electron chi connectivity index (χ3n) is 14.0. The Bertz CT molecular complexity index is 4170. The molecule has 328 valence electrons. The minimum atomic E-state index is -0.0579. The number of rotatable bonds is 7. The molecule has 14 rings (SSSR count). The lowest BCUT2D eigenvalue weighted by atomic mass is 9.89. The van der Waals surface area contributed by atoms with E-state index >= 15 is 0 Å². The van der Waals surface area contributed by atoms with Crippen molar-refractivity contribution in [1.82, 2.24) is 14.9 Å². The Hall–Kier alpha value is -9.32. The van der Waals surface area contributed by atoms with Gasteiger partial charge in [0.15, 0.2) is 0 Å². The van der Waals surface area contributed by atoms with Crippen LogP contribution < -0.4 is 5.32 Å². The summed E-state index contributed by atoms with van der Waals surface area (Å²) in [6.07, 6.45) is 2.24. The van der Waals surface area contributed by atoms with Crippen molar-refractivity contribution in [2.75, 3.05) is 0 Å². The van der Waals surface area contributed by atoms with E-state index in [1.165, 1.54) is 32.8 Å². The summed E-state index contributed by atoms with van der Waals surface area (Å²) in [6.45, 7) is 0. The zero-order valence-corrected chi connectivity index (χ0v) is 37.9. The average Bonchev–Trinajstić information content (AvgIpc) is 3.98. The van der Waals surface area contributed by atoms with Crippen LogP contribution in [0, 0.1) is 0 Å². The van der Waals surface area contributed by atoms with E-state index in [1.807, 2.05) is 6.07 Å². The molecular weight excluding hydrogens is 853 g/mol. The van der Waals surface area contributed by atoms with Gasteiger partial charge in [-0.25, -0.2) is 9.98 Å². The molecule has 4 heterocycles. The number of hydrogen-bond donors (Lipinski definition) is 1. The molecule has 0 saturated carbocycles. The molecule has 1 aliphatic heterocycles. The Labute approximate surface area is 404 Å². The molecule has 1 aliphatic rings. The van der Waals surface area contributed by atoms with Gasteiger partial charge in [0.05, 0.1) is 34.0 Å². The first-order chi connectivity index (χ1) is 34.7. The number of pyridine rings is 1. The summed E-state index contributed by atoms with van der Waals surface area (Å²) in [7, 11) is 0. The zero-order valence-electron chi connectivity index (χ0n) is 37.9. The lowest BCUT2D eigenvalue weighted by Gasteiger charge is -2.24. The maximum atomic E-state index is 6.64. The van der Waals surface area contributed by atoms with E-state index in [4.69, 9.17) is 14.4 Å². The van der Waals surface area contributed by atoms with Crippen LogP contribution in [0.1, 0.15) is 22.7 Å². The molecule has 10 aromatic carbocycles. The van der Waals surface area contributed by atoms with E-state index in [1.54, 1.807) is 0 Å². The summed E-state index contributed by atoms with van der Waals surface area (Å²) < 4.78 is 8.99. The van der Waals surface area contributed by atoms with Gasteiger partial charge in [-0.15, -0.1) is 0 Å². The van der Waals surface area contributed by atoms with Crippen LogP contribution in [0.15, 0.2) is 252 Å². The van der Waals surface area contributed by atoms with E-state index in [2.05, 4.69) is 246 Å². The lowest BCUT2D eigenvalue weighted by molar-refractivity contribution is 0.669. The molecule has 0 aliphatic carbocycles. The predicted octanol–water partition coefficient (Wildman–Crippen LogP) is 16.5. The molecule has 0 amide bonds. The predicted molar refractivity (Wildman–Crippen MR) is 290 cm³/mol. The summed E-state index contributed by atoms with van der Waals surface area (Å²) in [4.78, 5) is 10.6. The van der Waals surface area contributed by atoms with E-state index < -0.39 is 0 Å². The van der Waals surface area contributed by atoms with Crippen LogP contribution in [0.3, 0.4) is 0 Å². The molecule has 1 atom stereocenters. The van der Waals surface area contributed by atoms with Gasteiger partial charge in [0.25, 0.3) is 0 Å². The first-order valence-electron chi connectivity index (χ1n) is 23.8. The van der Waals surface area contributed by atoms with Crippen LogP contribution in [0.5, 0.6) is 0 Å². The standard InChI is InChI=1S/C65H42N4O/c1-3-15-43(16-4-1)55-40-56(44-35-37-48(38-36-44)69-57-24-12-8-19-49(57)50-20-9-13-25-58(50)69)68-65(67-55)47-33-29-42(30-34-47)41-27-31-45(32-28-41)61-62-51-21-7-11-23-54(51)66-64(46-17-5-2-6-18-46)53(62)39-60-63(61)52-22-10-14-26-59(52)70-60/h1-40,55H,(H,67,68). The SMILES string of the molecule is C1=C(c2ccc(-n3c4ccccc4c4ccccc43)cc2)N=C(c2ccc(-c3ccc(-c4c5c(cc6c(-c7ccccc7)nc7ccccc7c46)oc4ccccc45)cc3)cc2)NC1c1ccccc1. The largest absolute Gasteiger partial charge is 0.456 e. The van der Waals surface area contributed by atoms with E-state index in [0.29, 0.717) is 0 Å². The Morgan fingerprint density at radius 2 is 0.971 bits per heavy atom. The molecule has 0 bridgehead atoms. The highest BCUT2D eigenvalue weighted by Gasteiger charge is 2.23. The van der Waals surface area contributed by atoms with Crippen LogP contribution in [-0.4, -0.2) is 15.4 Å². The number of para-hydroxylation sites is 4. The highest BCUT2D eigenvalue weighted by molar-refractivity contribution is 6.27. The van der Waals surface area contributed by atoms with Crippen molar-refractivity contribution in [2.24, 2.45) is 4.99 Å². The number of aliphatic imine (C=N–C) groups is 1. The van der Waals surface area contributed by atoms with E-state index in [9.17, 15) is 0 Å². The van der Waals surface area contributed by atoms with Crippen molar-refractivity contribution in [2.45, 2.75) is 6.04 Å². The first-order valence-corrected chi connectivity index (χ1v) is 23.8. The van der Waals surface area contributed by atoms with Gasteiger partial charge in [-0.1, -0.05) is 194 Å². The van der Waals surface area contributed by atoms with Crippen molar-refractivity contribution >= 4 is 77.0 Å². The van der Waals surface area contributed by atoms with Gasteiger partial charge in [0.1, 0.15) is 17.0 Å². The van der Waals surface area contributed by atoms with Crippen molar-refractivity contribution in [3.63, 3.8) is 0 Å². The monoisotopic (exact) mass is 894 g/mol. The lowest BCUT2D eigenvalue weighted by Crippen LogP contribution is -2.31. The molecule has 13 aromatic rings. The quantitative estimate of drug-likeness (QED) is 0.162. The third-order valence-corrected chi connectivity index (χ3v) is 14.0. The van der Waals surface area contributed by atoms with Crippen molar-refractivity contribution in [3.05, 3.63) is 259 Å². The molecule has 3 aromatic heterocycles. The summed E-state index contributed by atoms with van der Waals surface area (Å²) in [5, 5.41) is 11.8. The van der Waals surface area contributed by atoms with E-state index in [0.717, 1.165) is 100 Å². The van der Waals surface area contributed by atoms with Crippen LogP contribution in [0.25, 0.3) is 110 Å². The van der Waals surface area contributed by atoms with Crippen molar-refractivity contribution in [1.29, 1.82) is 0 Å². The molecule has 5 heteroatoms. The fourth-order valence-corrected chi connectivity index (χ4v) is 10.7. The molecule has 1 unspecified atom stereocenters. The number of nitrogens with zero attached hydrogens (tertiary/aromatic N) is 3. The molecule has 0 fully saturated rings. The van der Waals surface area contributed by atoms with Gasteiger partial charge in [-0.3, -0.25) is 0 Å². The van der Waals surface area contributed by atoms with Gasteiger partial charge >= 0.3 is 0 Å². The Balaban J connectivity index is 0.833. The van der Waals surface area contributed by atoms with E-state index in [-0.39, 0.29) is 6.04 Å². The normalized spacial score (nSPS) is 13.9. The molecule has 1 N–H and O–H groups in total. The number of furan rings is 1. The van der Waals surface area contributed by atoms with Crippen molar-refractivity contribution in [3.8, 4) is 39.2 Å². The average molecular weight is 895 g/mol. The molecule has 0 saturated heterocycles. The second-order valence-electron chi connectivity index (χ2n) is 18.1. The number of nitrogens with one attached hydrogen (secondary N) is 1. The number of hydrogen-bond acceptors (Lipinski definition) is 4. The molecule has 70 heavy (non-hydrogen) atoms. The van der Waals surface area contributed by atoms with Crippen LogP contribution in [0.2, 0.25) is 0 Å². The zero-order chi connectivity index (χ0) is 46.1. The molecule has 0 radical (unpaired) electrons. The van der Waals surface area contributed by atoms with Gasteiger partial charge in [-0.2, -0.15) is 0 Å². The molecule has 0 spiro atoms. The Morgan fingerprint density at radius 1 is 0.414 bits per heavy atom. The fraction of sp³-hybridized carbons (Fsp3) is 0.0154. The molecule has 5 nitrogen and oxygen atoms in total. The topological polar surface area (TPSA) is 55.4 Å². The summed E-state index contributed by atoms with van der Waals surface area (Å²) in [6, 6.07) is 84.0. The Kier molecular flexibility index (Phi) is 9.20. The van der Waals surface area contributed by atoms with Gasteiger partial charge < -0.3 is 14.3 Å². The summed E-state index contributed by atoms with van der Waals surface area (Å²) in [5.41, 5.74) is 16.9. The highest BCUT2D eigenvalue weighted by atomic mass is 16.3. The Morgan fingerprint density at radius 3 is 1.67 bits per heavy atom. The maximum Gasteiger partial charge on any atom is 0.136 e. The summed E-state index contributed by atoms with van der Waals surface area (Å²) in [5.74, 6) is 0.837. The summed E-state index contributed by atoms with van der Waals surface area (Å²) >= 11 is 0. The number of amidine groups is 1. The second-order valence-corrected chi connectivity index (χ2v) is 18.1. The van der Waals surface area contributed by atoms with Gasteiger partial charge in [0.2, 0.25) is 0 Å². The number of aromatic nitrogens is 2. The maximum absolute atomic E-state index is 6.64.